The summed E-state index contributed by atoms with van der Waals surface area (Å²) in [5.74, 6) is 1.11. The molecule has 3 aromatic rings. The fourth-order valence-electron chi connectivity index (χ4n) is 3.59. The second-order valence-electron chi connectivity index (χ2n) is 6.59. The van der Waals surface area contributed by atoms with Gasteiger partial charge in [-0.25, -0.2) is 4.79 Å². The van der Waals surface area contributed by atoms with Crippen molar-refractivity contribution in [1.29, 1.82) is 0 Å². The van der Waals surface area contributed by atoms with Crippen molar-refractivity contribution in [1.82, 2.24) is 30.1 Å². The summed E-state index contributed by atoms with van der Waals surface area (Å²) in [6.07, 6.45) is 2.49. The smallest absolute Gasteiger partial charge is 0.318 e. The second kappa shape index (κ2) is 6.78. The summed E-state index contributed by atoms with van der Waals surface area (Å²) in [5, 5.41) is 12.7. The SMILES string of the molecule is Cc1nc(C2CCCN2C(=O)NCCc2nn(C)c3ccccc23)no1. The fraction of sp³-hybridized carbons (Fsp3) is 0.444. The number of nitrogens with zero attached hydrogens (tertiary/aromatic N) is 5. The molecule has 1 unspecified atom stereocenters. The third kappa shape index (κ3) is 3.02. The van der Waals surface area contributed by atoms with Crippen molar-refractivity contribution in [3.63, 3.8) is 0 Å². The number of carbonyl (C=O) groups is 1. The van der Waals surface area contributed by atoms with Crippen molar-refractivity contribution in [3.05, 3.63) is 41.7 Å². The van der Waals surface area contributed by atoms with Crippen LogP contribution in [0.2, 0.25) is 0 Å². The number of carbonyl (C=O) groups excluding carboxylic acids is 1. The number of fused-ring (bicyclic) bond motifs is 1. The topological polar surface area (TPSA) is 89.1 Å². The van der Waals surface area contributed by atoms with Gasteiger partial charge < -0.3 is 14.7 Å². The molecule has 1 aromatic carbocycles. The lowest BCUT2D eigenvalue weighted by Gasteiger charge is -2.22. The number of likely N-dealkylation sites (tertiary alicyclic amines) is 1. The van der Waals surface area contributed by atoms with E-state index in [-0.39, 0.29) is 12.1 Å². The molecule has 2 aromatic heterocycles. The number of rotatable bonds is 4. The fourth-order valence-corrected chi connectivity index (χ4v) is 3.59. The maximum atomic E-state index is 12.6. The van der Waals surface area contributed by atoms with Crippen LogP contribution >= 0.6 is 0 Å². The number of hydrogen-bond donors (Lipinski definition) is 1. The number of urea groups is 1. The highest BCUT2D eigenvalue weighted by Crippen LogP contribution is 2.29. The van der Waals surface area contributed by atoms with Crippen LogP contribution in [0, 0.1) is 6.92 Å². The Hall–Kier alpha value is -2.90. The quantitative estimate of drug-likeness (QED) is 0.777. The Morgan fingerprint density at radius 2 is 2.23 bits per heavy atom. The summed E-state index contributed by atoms with van der Waals surface area (Å²) in [7, 11) is 1.94. The minimum Gasteiger partial charge on any atom is -0.340 e. The van der Waals surface area contributed by atoms with Crippen LogP contribution < -0.4 is 5.32 Å². The van der Waals surface area contributed by atoms with Gasteiger partial charge in [-0.1, -0.05) is 23.4 Å². The van der Waals surface area contributed by atoms with E-state index in [9.17, 15) is 4.79 Å². The average molecular weight is 354 g/mol. The van der Waals surface area contributed by atoms with Crippen molar-refractivity contribution in [2.24, 2.45) is 7.05 Å². The normalized spacial score (nSPS) is 17.2. The van der Waals surface area contributed by atoms with Gasteiger partial charge in [0.05, 0.1) is 17.3 Å². The Balaban J connectivity index is 1.39. The zero-order chi connectivity index (χ0) is 18.1. The molecule has 8 heteroatoms. The van der Waals surface area contributed by atoms with E-state index in [2.05, 4.69) is 26.6 Å². The lowest BCUT2D eigenvalue weighted by atomic mass is 10.1. The Kier molecular flexibility index (Phi) is 4.32. The second-order valence-corrected chi connectivity index (χ2v) is 6.59. The Bertz CT molecular complexity index is 931. The first-order valence-corrected chi connectivity index (χ1v) is 8.89. The molecule has 1 fully saturated rings. The number of benzene rings is 1. The molecule has 0 spiro atoms. The van der Waals surface area contributed by atoms with Crippen LogP contribution in [0.5, 0.6) is 0 Å². The first kappa shape index (κ1) is 16.6. The first-order valence-electron chi connectivity index (χ1n) is 8.89. The van der Waals surface area contributed by atoms with E-state index in [0.717, 1.165) is 29.4 Å². The molecule has 1 aliphatic heterocycles. The molecule has 1 saturated heterocycles. The molecular weight excluding hydrogens is 332 g/mol. The number of hydrogen-bond acceptors (Lipinski definition) is 5. The molecule has 0 saturated carbocycles. The summed E-state index contributed by atoms with van der Waals surface area (Å²) in [5.41, 5.74) is 2.09. The molecule has 4 rings (SSSR count). The van der Waals surface area contributed by atoms with Crippen LogP contribution in [0.3, 0.4) is 0 Å². The molecule has 2 amide bonds. The first-order chi connectivity index (χ1) is 12.6. The van der Waals surface area contributed by atoms with Crippen molar-refractivity contribution < 1.29 is 9.32 Å². The van der Waals surface area contributed by atoms with Crippen molar-refractivity contribution in [2.75, 3.05) is 13.1 Å². The van der Waals surface area contributed by atoms with Gasteiger partial charge in [0.25, 0.3) is 0 Å². The van der Waals surface area contributed by atoms with Crippen LogP contribution in [-0.2, 0) is 13.5 Å². The maximum absolute atomic E-state index is 12.6. The van der Waals surface area contributed by atoms with E-state index in [4.69, 9.17) is 4.52 Å². The minimum atomic E-state index is -0.108. The van der Waals surface area contributed by atoms with Gasteiger partial charge in [-0.15, -0.1) is 0 Å². The molecule has 0 bridgehead atoms. The highest BCUT2D eigenvalue weighted by molar-refractivity contribution is 5.82. The monoisotopic (exact) mass is 354 g/mol. The van der Waals surface area contributed by atoms with Gasteiger partial charge >= 0.3 is 6.03 Å². The van der Waals surface area contributed by atoms with Gasteiger partial charge in [-0.05, 0) is 18.9 Å². The number of para-hydroxylation sites is 1. The van der Waals surface area contributed by atoms with Gasteiger partial charge in [0, 0.05) is 38.9 Å². The van der Waals surface area contributed by atoms with Gasteiger partial charge in [-0.3, -0.25) is 4.68 Å². The van der Waals surface area contributed by atoms with E-state index in [1.165, 1.54) is 0 Å². The predicted molar refractivity (Wildman–Crippen MR) is 95.5 cm³/mol. The van der Waals surface area contributed by atoms with Gasteiger partial charge in [-0.2, -0.15) is 10.1 Å². The van der Waals surface area contributed by atoms with E-state index in [1.807, 2.05) is 29.9 Å². The van der Waals surface area contributed by atoms with Gasteiger partial charge in [0.15, 0.2) is 5.82 Å². The highest BCUT2D eigenvalue weighted by Gasteiger charge is 2.33. The molecule has 1 atom stereocenters. The molecule has 3 heterocycles. The zero-order valence-corrected chi connectivity index (χ0v) is 15.0. The molecule has 8 nitrogen and oxygen atoms in total. The summed E-state index contributed by atoms with van der Waals surface area (Å²) >= 11 is 0. The van der Waals surface area contributed by atoms with E-state index in [0.29, 0.717) is 31.2 Å². The molecule has 0 aliphatic carbocycles. The molecule has 1 aliphatic rings. The van der Waals surface area contributed by atoms with Crippen LogP contribution in [0.4, 0.5) is 4.79 Å². The summed E-state index contributed by atoms with van der Waals surface area (Å²) in [6, 6.07) is 7.93. The van der Waals surface area contributed by atoms with Crippen LogP contribution in [0.25, 0.3) is 10.9 Å². The van der Waals surface area contributed by atoms with Crippen molar-refractivity contribution >= 4 is 16.9 Å². The average Bonchev–Trinajstić information content (AvgIpc) is 3.35. The summed E-state index contributed by atoms with van der Waals surface area (Å²) in [4.78, 5) is 18.7. The van der Waals surface area contributed by atoms with Crippen molar-refractivity contribution in [2.45, 2.75) is 32.2 Å². The van der Waals surface area contributed by atoms with Crippen LogP contribution in [0.15, 0.2) is 28.8 Å². The van der Waals surface area contributed by atoms with E-state index >= 15 is 0 Å². The number of nitrogens with one attached hydrogen (secondary N) is 1. The van der Waals surface area contributed by atoms with Crippen molar-refractivity contribution in [3.8, 4) is 0 Å². The zero-order valence-electron chi connectivity index (χ0n) is 15.0. The van der Waals surface area contributed by atoms with E-state index in [1.54, 1.807) is 11.8 Å². The Labute approximate surface area is 151 Å². The van der Waals surface area contributed by atoms with Gasteiger partial charge in [0.2, 0.25) is 5.89 Å². The lowest BCUT2D eigenvalue weighted by Crippen LogP contribution is -2.40. The molecule has 136 valence electrons. The van der Waals surface area contributed by atoms with Crippen LogP contribution in [0.1, 0.15) is 36.3 Å². The molecule has 0 radical (unpaired) electrons. The number of amides is 2. The predicted octanol–water partition coefficient (Wildman–Crippen LogP) is 2.35. The minimum absolute atomic E-state index is 0.0878. The summed E-state index contributed by atoms with van der Waals surface area (Å²) < 4.78 is 6.93. The Morgan fingerprint density at radius 1 is 1.38 bits per heavy atom. The van der Waals surface area contributed by atoms with E-state index < -0.39 is 0 Å². The third-order valence-corrected chi connectivity index (χ3v) is 4.83. The molecule has 26 heavy (non-hydrogen) atoms. The molecule has 1 N–H and O–H groups in total. The highest BCUT2D eigenvalue weighted by atomic mass is 16.5. The molecular formula is C18H22N6O2. The number of aryl methyl sites for hydroxylation is 2. The number of aromatic nitrogens is 4. The standard InChI is InChI=1S/C18H22N6O2/c1-12-20-17(22-26-12)16-8-5-11-24(16)18(25)19-10-9-14-13-6-3-4-7-15(13)23(2)21-14/h3-4,6-7,16H,5,8-11H2,1-2H3,(H,19,25). The lowest BCUT2D eigenvalue weighted by molar-refractivity contribution is 0.190. The maximum Gasteiger partial charge on any atom is 0.318 e. The largest absolute Gasteiger partial charge is 0.340 e. The third-order valence-electron chi connectivity index (χ3n) is 4.83. The Morgan fingerprint density at radius 3 is 3.04 bits per heavy atom. The summed E-state index contributed by atoms with van der Waals surface area (Å²) in [6.45, 7) is 3.00. The van der Waals surface area contributed by atoms with Crippen LogP contribution in [-0.4, -0.2) is 43.9 Å². The van der Waals surface area contributed by atoms with Gasteiger partial charge in [0.1, 0.15) is 0 Å².